The fraction of sp³-hybridized carbons (Fsp3) is 0.800. The number of hydrogen-bond donors (Lipinski definition) is 1. The molecular formula is C30H58S. The average molecular weight is 451 g/mol. The Hall–Kier alpha value is -0.430. The van der Waals surface area contributed by atoms with Crippen LogP contribution in [0.2, 0.25) is 0 Å². The van der Waals surface area contributed by atoms with E-state index in [1.165, 1.54) is 36.8 Å². The molecule has 0 bridgehead atoms. The minimum Gasteiger partial charge on any atom is -0.175 e. The molecule has 0 aliphatic heterocycles. The Morgan fingerprint density at radius 3 is 1.94 bits per heavy atom. The van der Waals surface area contributed by atoms with Gasteiger partial charge in [0.15, 0.2) is 0 Å². The number of fused-ring (bicyclic) bond motifs is 3. The zero-order valence-electron chi connectivity index (χ0n) is 23.7. The van der Waals surface area contributed by atoms with Crippen LogP contribution in [0, 0.1) is 34.5 Å². The molecule has 0 N–H and O–H groups in total. The van der Waals surface area contributed by atoms with E-state index in [2.05, 4.69) is 53.9 Å². The van der Waals surface area contributed by atoms with Gasteiger partial charge >= 0.3 is 0 Å². The van der Waals surface area contributed by atoms with Crippen molar-refractivity contribution in [2.45, 2.75) is 121 Å². The van der Waals surface area contributed by atoms with Crippen LogP contribution in [0.25, 0.3) is 0 Å². The molecule has 0 aromatic heterocycles. The van der Waals surface area contributed by atoms with Crippen molar-refractivity contribution in [2.24, 2.45) is 34.5 Å². The maximum atomic E-state index is 5.01. The average Bonchev–Trinajstić information content (AvgIpc) is 2.96. The van der Waals surface area contributed by atoms with Gasteiger partial charge in [-0.1, -0.05) is 108 Å². The number of rotatable bonds is 1. The van der Waals surface area contributed by atoms with E-state index in [4.69, 9.17) is 12.6 Å². The Bertz CT molecular complexity index is 567. The first-order valence-electron chi connectivity index (χ1n) is 13.3. The lowest BCUT2D eigenvalue weighted by Gasteiger charge is -2.56. The Labute approximate surface area is 203 Å². The fourth-order valence-electron chi connectivity index (χ4n) is 6.17. The van der Waals surface area contributed by atoms with Gasteiger partial charge in [-0.15, -0.1) is 0 Å². The molecule has 0 aromatic rings. The van der Waals surface area contributed by atoms with Crippen LogP contribution in [-0.4, -0.2) is 5.25 Å². The molecule has 184 valence electrons. The summed E-state index contributed by atoms with van der Waals surface area (Å²) in [6.45, 7) is 36.7. The lowest BCUT2D eigenvalue weighted by atomic mass is 9.49. The number of hydrogen-bond acceptors (Lipinski definition) is 1. The quantitative estimate of drug-likeness (QED) is 0.377. The minimum atomic E-state index is 0.334. The van der Waals surface area contributed by atoms with E-state index in [0.717, 1.165) is 23.3 Å². The van der Waals surface area contributed by atoms with Gasteiger partial charge in [0.05, 0.1) is 0 Å². The van der Waals surface area contributed by atoms with Gasteiger partial charge in [0.2, 0.25) is 0 Å². The molecule has 1 heteroatoms. The lowest BCUT2D eigenvalue weighted by molar-refractivity contribution is -0.0357. The summed E-state index contributed by atoms with van der Waals surface area (Å²) in [6, 6.07) is 0. The minimum absolute atomic E-state index is 0.334. The molecule has 3 aliphatic rings. The van der Waals surface area contributed by atoms with Crippen LogP contribution < -0.4 is 0 Å². The van der Waals surface area contributed by atoms with Crippen LogP contribution in [0.5, 0.6) is 0 Å². The second-order valence-electron chi connectivity index (χ2n) is 9.44. The van der Waals surface area contributed by atoms with Crippen LogP contribution in [-0.2, 0) is 0 Å². The summed E-state index contributed by atoms with van der Waals surface area (Å²) < 4.78 is 0. The molecule has 0 heterocycles. The molecule has 31 heavy (non-hydrogen) atoms. The summed E-state index contributed by atoms with van der Waals surface area (Å²) in [4.78, 5) is 0. The van der Waals surface area contributed by atoms with Crippen LogP contribution in [0.15, 0.2) is 36.0 Å². The van der Waals surface area contributed by atoms with E-state index in [9.17, 15) is 0 Å². The smallest absolute Gasteiger partial charge is 0.00762 e. The van der Waals surface area contributed by atoms with Crippen LogP contribution in [0.3, 0.4) is 0 Å². The first kappa shape index (κ1) is 32.7. The molecule has 0 aromatic carbocycles. The zero-order chi connectivity index (χ0) is 25.2. The van der Waals surface area contributed by atoms with Crippen molar-refractivity contribution < 1.29 is 0 Å². The van der Waals surface area contributed by atoms with Crippen molar-refractivity contribution in [3.05, 3.63) is 36.0 Å². The highest BCUT2D eigenvalue weighted by Gasteiger charge is 2.62. The van der Waals surface area contributed by atoms with Gasteiger partial charge in [-0.2, -0.15) is 12.6 Å². The molecule has 3 rings (SSSR count). The Kier molecular flexibility index (Phi) is 15.5. The molecule has 6 atom stereocenters. The number of thiol groups is 1. The molecule has 3 aliphatic carbocycles. The maximum absolute atomic E-state index is 5.01. The maximum Gasteiger partial charge on any atom is 0.00762 e. The van der Waals surface area contributed by atoms with E-state index in [0.29, 0.717) is 22.0 Å². The SMILES string of the molecule is C=C(C)/C=C1/C[C@@H](C)C2C(CCC3(C)C2C[C@@H](S)C3(C)C)C1=C.CC.CC.CC.CC. The molecule has 0 nitrogen and oxygen atoms in total. The highest BCUT2D eigenvalue weighted by molar-refractivity contribution is 7.81. The highest BCUT2D eigenvalue weighted by atomic mass is 32.1. The first-order valence-corrected chi connectivity index (χ1v) is 13.8. The topological polar surface area (TPSA) is 0 Å². The van der Waals surface area contributed by atoms with E-state index in [1.807, 2.05) is 55.4 Å². The van der Waals surface area contributed by atoms with Gasteiger partial charge in [-0.3, -0.25) is 0 Å². The van der Waals surface area contributed by atoms with E-state index in [-0.39, 0.29) is 0 Å². The van der Waals surface area contributed by atoms with E-state index < -0.39 is 0 Å². The van der Waals surface area contributed by atoms with Crippen molar-refractivity contribution in [2.75, 3.05) is 0 Å². The monoisotopic (exact) mass is 450 g/mol. The molecular weight excluding hydrogens is 392 g/mol. The Morgan fingerprint density at radius 2 is 1.48 bits per heavy atom. The third kappa shape index (κ3) is 6.55. The van der Waals surface area contributed by atoms with Crippen molar-refractivity contribution in [1.82, 2.24) is 0 Å². The summed E-state index contributed by atoms with van der Waals surface area (Å²) in [5.41, 5.74) is 4.81. The molecule has 0 saturated heterocycles. The summed E-state index contributed by atoms with van der Waals surface area (Å²) in [7, 11) is 0. The third-order valence-electron chi connectivity index (χ3n) is 7.98. The van der Waals surface area contributed by atoms with Crippen LogP contribution in [0.1, 0.15) is 116 Å². The predicted molar refractivity (Wildman–Crippen MR) is 150 cm³/mol. The molecule has 4 unspecified atom stereocenters. The molecule has 0 amide bonds. The Morgan fingerprint density at radius 1 is 1.00 bits per heavy atom. The molecule has 3 fully saturated rings. The van der Waals surface area contributed by atoms with Crippen molar-refractivity contribution in [1.29, 1.82) is 0 Å². The Balaban J connectivity index is 0. The highest BCUT2D eigenvalue weighted by Crippen LogP contribution is 2.68. The van der Waals surface area contributed by atoms with E-state index >= 15 is 0 Å². The third-order valence-corrected chi connectivity index (χ3v) is 8.84. The van der Waals surface area contributed by atoms with Crippen molar-refractivity contribution >= 4 is 12.6 Å². The largest absolute Gasteiger partial charge is 0.175 e. The second-order valence-corrected chi connectivity index (χ2v) is 10.1. The summed E-state index contributed by atoms with van der Waals surface area (Å²) >= 11 is 5.01. The van der Waals surface area contributed by atoms with Gasteiger partial charge in [0.1, 0.15) is 0 Å². The predicted octanol–water partition coefficient (Wildman–Crippen LogP) is 10.6. The molecule has 0 spiro atoms. The van der Waals surface area contributed by atoms with Gasteiger partial charge < -0.3 is 0 Å². The van der Waals surface area contributed by atoms with Gasteiger partial charge in [-0.05, 0) is 78.3 Å². The lowest BCUT2D eigenvalue weighted by Crippen LogP contribution is -2.49. The van der Waals surface area contributed by atoms with Crippen molar-refractivity contribution in [3.63, 3.8) is 0 Å². The van der Waals surface area contributed by atoms with Crippen LogP contribution >= 0.6 is 12.6 Å². The summed E-state index contributed by atoms with van der Waals surface area (Å²) in [5.74, 6) is 3.02. The normalized spacial score (nSPS) is 35.9. The summed E-state index contributed by atoms with van der Waals surface area (Å²) in [6.07, 6.45) is 7.37. The van der Waals surface area contributed by atoms with Gasteiger partial charge in [-0.25, -0.2) is 0 Å². The van der Waals surface area contributed by atoms with Crippen LogP contribution in [0.4, 0.5) is 0 Å². The summed E-state index contributed by atoms with van der Waals surface area (Å²) in [5, 5.41) is 0.532. The van der Waals surface area contributed by atoms with E-state index in [1.54, 1.807) is 0 Å². The standard InChI is InChI=1S/C22H34S.4C2H6/c1-13(2)10-16-11-14(3)20-17(15(16)4)8-9-22(7)18(20)12-19(23)21(22,5)6;4*1-2/h10,14,17-20,23H,1,4,8-9,11-12H2,2-3,5-7H3;4*1-2H3/b16-10-;;;;/t14-,17?,18?,19-,20?,22?;;;;/m1..../s1. The number of allylic oxidation sites excluding steroid dienone is 4. The molecule has 3 saturated carbocycles. The zero-order valence-corrected chi connectivity index (χ0v) is 24.5. The molecule has 0 radical (unpaired) electrons. The fourth-order valence-corrected chi connectivity index (χ4v) is 6.69. The van der Waals surface area contributed by atoms with Gasteiger partial charge in [0.25, 0.3) is 0 Å². The second kappa shape index (κ2) is 14.7. The van der Waals surface area contributed by atoms with Crippen molar-refractivity contribution in [3.8, 4) is 0 Å². The first-order chi connectivity index (χ1) is 14.6. The van der Waals surface area contributed by atoms with Gasteiger partial charge in [0, 0.05) is 5.25 Å².